The van der Waals surface area contributed by atoms with Gasteiger partial charge < -0.3 is 21.7 Å². The number of aliphatic carboxylic acids is 2. The number of carbonyl (C=O) groups is 6. The average Bonchev–Trinajstić information content (AvgIpc) is 2.83. The van der Waals surface area contributed by atoms with E-state index < -0.39 is 47.9 Å². The Morgan fingerprint density at radius 3 is 1.17 bits per heavy atom. The Morgan fingerprint density at radius 1 is 0.611 bits per heavy atom. The van der Waals surface area contributed by atoms with Crippen LogP contribution in [0.1, 0.15) is 48.9 Å². The highest BCUT2D eigenvalue weighted by molar-refractivity contribution is 5.99. The van der Waals surface area contributed by atoms with Crippen LogP contribution in [0.15, 0.2) is 60.7 Å². The highest BCUT2D eigenvalue weighted by atomic mass is 16.4. The van der Waals surface area contributed by atoms with Crippen molar-refractivity contribution in [1.82, 2.24) is 9.80 Å². The van der Waals surface area contributed by atoms with Crippen LogP contribution in [0.3, 0.4) is 0 Å². The van der Waals surface area contributed by atoms with Gasteiger partial charge in [0, 0.05) is 12.8 Å². The summed E-state index contributed by atoms with van der Waals surface area (Å²) in [4.78, 5) is 73.7. The van der Waals surface area contributed by atoms with Gasteiger partial charge in [0.15, 0.2) is 12.1 Å². The number of nitrogens with zero attached hydrogens (tertiary/aromatic N) is 2. The fraction of sp³-hybridized carbons (Fsp3) is 0.250. The first-order chi connectivity index (χ1) is 17.1. The van der Waals surface area contributed by atoms with Crippen molar-refractivity contribution in [2.24, 2.45) is 11.5 Å². The molecule has 0 aliphatic carbocycles. The smallest absolute Gasteiger partial charge is 0.331 e. The van der Waals surface area contributed by atoms with Gasteiger partial charge in [-0.25, -0.2) is 29.0 Å². The number of urea groups is 2. The summed E-state index contributed by atoms with van der Waals surface area (Å²) in [6.45, 7) is 0. The molecular weight excluding hydrogens is 472 g/mol. The number of carboxylic acid groups (broad SMARTS) is 2. The normalized spacial score (nSPS) is 12.1. The molecule has 0 aromatic heterocycles. The molecule has 0 radical (unpaired) electrons. The minimum atomic E-state index is -1.63. The van der Waals surface area contributed by atoms with E-state index >= 15 is 0 Å². The maximum absolute atomic E-state index is 12.7. The molecule has 0 bridgehead atoms. The number of primary amides is 2. The minimum Gasteiger partial charge on any atom is -0.479 e. The molecule has 2 aromatic carbocycles. The van der Waals surface area contributed by atoms with Gasteiger partial charge in [0.05, 0.1) is 0 Å². The number of rotatable bonds is 11. The topological polar surface area (TPSA) is 201 Å². The zero-order valence-electron chi connectivity index (χ0n) is 19.1. The van der Waals surface area contributed by atoms with Gasteiger partial charge in [0.1, 0.15) is 0 Å². The highest BCUT2D eigenvalue weighted by Gasteiger charge is 2.36. The van der Waals surface area contributed by atoms with E-state index in [0.717, 1.165) is 0 Å². The second-order valence-electron chi connectivity index (χ2n) is 7.71. The SMILES string of the molecule is NC(=O)N(C(=O)CCCCC(=O)N(C(N)=O)C(C(=O)O)c1ccccc1)C(C(=O)O)c1ccccc1. The third kappa shape index (κ3) is 6.88. The number of amides is 6. The van der Waals surface area contributed by atoms with Crippen LogP contribution < -0.4 is 11.5 Å². The van der Waals surface area contributed by atoms with Crippen LogP contribution in [0.2, 0.25) is 0 Å². The molecule has 0 spiro atoms. The van der Waals surface area contributed by atoms with Crippen molar-refractivity contribution >= 4 is 35.8 Å². The number of unbranched alkanes of at least 4 members (excludes halogenated alkanes) is 1. The number of hydrogen-bond acceptors (Lipinski definition) is 6. The van der Waals surface area contributed by atoms with Crippen LogP contribution in [-0.2, 0) is 19.2 Å². The van der Waals surface area contributed by atoms with Crippen molar-refractivity contribution in [3.05, 3.63) is 71.8 Å². The Labute approximate surface area is 206 Å². The summed E-state index contributed by atoms with van der Waals surface area (Å²) in [5.74, 6) is -4.65. The maximum atomic E-state index is 12.7. The third-order valence-electron chi connectivity index (χ3n) is 5.26. The van der Waals surface area contributed by atoms with Gasteiger partial charge in [0.25, 0.3) is 0 Å². The monoisotopic (exact) mass is 498 g/mol. The number of carbonyl (C=O) groups excluding carboxylic acids is 4. The second-order valence-corrected chi connectivity index (χ2v) is 7.71. The zero-order chi connectivity index (χ0) is 26.8. The third-order valence-corrected chi connectivity index (χ3v) is 5.26. The van der Waals surface area contributed by atoms with Crippen molar-refractivity contribution in [1.29, 1.82) is 0 Å². The molecular formula is C24H26N4O8. The molecule has 0 fully saturated rings. The summed E-state index contributed by atoms with van der Waals surface area (Å²) < 4.78 is 0. The molecule has 0 saturated carbocycles. The van der Waals surface area contributed by atoms with Crippen LogP contribution in [0.25, 0.3) is 0 Å². The largest absolute Gasteiger partial charge is 0.479 e. The molecule has 2 atom stereocenters. The quantitative estimate of drug-likeness (QED) is 0.337. The van der Waals surface area contributed by atoms with Gasteiger partial charge in [0.2, 0.25) is 11.8 Å². The van der Waals surface area contributed by atoms with Crippen molar-refractivity contribution in [2.45, 2.75) is 37.8 Å². The van der Waals surface area contributed by atoms with E-state index in [-0.39, 0.29) is 36.8 Å². The van der Waals surface area contributed by atoms with E-state index in [1.54, 1.807) is 36.4 Å². The Balaban J connectivity index is 2.07. The fourth-order valence-corrected chi connectivity index (χ4v) is 3.66. The van der Waals surface area contributed by atoms with Gasteiger partial charge in [-0.1, -0.05) is 60.7 Å². The Morgan fingerprint density at radius 2 is 0.917 bits per heavy atom. The predicted octanol–water partition coefficient (Wildman–Crippen LogP) is 2.01. The van der Waals surface area contributed by atoms with Gasteiger partial charge in [-0.2, -0.15) is 0 Å². The van der Waals surface area contributed by atoms with E-state index in [1.165, 1.54) is 24.3 Å². The first kappa shape index (κ1) is 27.5. The number of imide groups is 2. The summed E-state index contributed by atoms with van der Waals surface area (Å²) in [5.41, 5.74) is 10.9. The summed E-state index contributed by atoms with van der Waals surface area (Å²) in [6.07, 6.45) is -0.620. The minimum absolute atomic E-state index is 0.0190. The standard InChI is InChI=1S/C24H26N4O8/c25-23(35)27(19(21(31)32)15-9-3-1-4-10-15)17(29)13-7-8-14-18(30)28(24(26)36)20(22(33)34)16-11-5-2-6-12-16/h1-6,9-12,19-20H,7-8,13-14H2,(H2,25,35)(H2,26,36)(H,31,32)(H,33,34). The average molecular weight is 498 g/mol. The van der Waals surface area contributed by atoms with Crippen molar-refractivity contribution in [2.75, 3.05) is 0 Å². The van der Waals surface area contributed by atoms with Gasteiger partial charge in [-0.15, -0.1) is 0 Å². The van der Waals surface area contributed by atoms with E-state index in [4.69, 9.17) is 11.5 Å². The molecule has 0 saturated heterocycles. The lowest BCUT2D eigenvalue weighted by molar-refractivity contribution is -0.148. The van der Waals surface area contributed by atoms with E-state index in [2.05, 4.69) is 0 Å². The number of carboxylic acids is 2. The molecule has 36 heavy (non-hydrogen) atoms. The molecule has 0 heterocycles. The summed E-state index contributed by atoms with van der Waals surface area (Å²) >= 11 is 0. The summed E-state index contributed by atoms with van der Waals surface area (Å²) in [7, 11) is 0. The van der Waals surface area contributed by atoms with Crippen LogP contribution in [-0.4, -0.2) is 55.8 Å². The Kier molecular flexibility index (Phi) is 9.66. The molecule has 0 aliphatic rings. The van der Waals surface area contributed by atoms with Crippen LogP contribution in [0, 0.1) is 0 Å². The fourth-order valence-electron chi connectivity index (χ4n) is 3.66. The molecule has 12 heteroatoms. The van der Waals surface area contributed by atoms with Crippen molar-refractivity contribution < 1.29 is 39.0 Å². The summed E-state index contributed by atoms with van der Waals surface area (Å²) in [5, 5.41) is 19.2. The molecule has 12 nitrogen and oxygen atoms in total. The molecule has 0 aliphatic heterocycles. The molecule has 2 aromatic rings. The number of hydrogen-bond donors (Lipinski definition) is 4. The lowest BCUT2D eigenvalue weighted by atomic mass is 10.0. The van der Waals surface area contributed by atoms with Gasteiger partial charge in [-0.05, 0) is 24.0 Å². The molecule has 190 valence electrons. The number of nitrogens with two attached hydrogens (primary N) is 2. The van der Waals surface area contributed by atoms with Gasteiger partial charge in [-0.3, -0.25) is 9.59 Å². The molecule has 2 rings (SSSR count). The Bertz CT molecular complexity index is 1030. The molecule has 6 N–H and O–H groups in total. The van der Waals surface area contributed by atoms with Crippen LogP contribution in [0.5, 0.6) is 0 Å². The van der Waals surface area contributed by atoms with Crippen molar-refractivity contribution in [3.8, 4) is 0 Å². The lowest BCUT2D eigenvalue weighted by Crippen LogP contribution is -2.46. The van der Waals surface area contributed by atoms with Crippen LogP contribution >= 0.6 is 0 Å². The van der Waals surface area contributed by atoms with E-state index in [0.29, 0.717) is 9.80 Å². The summed E-state index contributed by atoms with van der Waals surface area (Å²) in [6, 6.07) is 9.43. The van der Waals surface area contributed by atoms with Gasteiger partial charge >= 0.3 is 24.0 Å². The lowest BCUT2D eigenvalue weighted by Gasteiger charge is -2.26. The molecule has 2 unspecified atom stereocenters. The zero-order valence-corrected chi connectivity index (χ0v) is 19.1. The first-order valence-electron chi connectivity index (χ1n) is 10.8. The number of benzene rings is 2. The van der Waals surface area contributed by atoms with Crippen LogP contribution in [0.4, 0.5) is 9.59 Å². The highest BCUT2D eigenvalue weighted by Crippen LogP contribution is 2.24. The predicted molar refractivity (Wildman–Crippen MR) is 125 cm³/mol. The second kappa shape index (κ2) is 12.6. The van der Waals surface area contributed by atoms with E-state index in [1.807, 2.05) is 0 Å². The Hall–Kier alpha value is -4.74. The molecule has 6 amide bonds. The maximum Gasteiger partial charge on any atom is 0.331 e. The first-order valence-corrected chi connectivity index (χ1v) is 10.8. The van der Waals surface area contributed by atoms with Crippen molar-refractivity contribution in [3.63, 3.8) is 0 Å². The van der Waals surface area contributed by atoms with E-state index in [9.17, 15) is 39.0 Å².